The Balaban J connectivity index is 1.38. The summed E-state index contributed by atoms with van der Waals surface area (Å²) in [5, 5.41) is 51.0. The van der Waals surface area contributed by atoms with Gasteiger partial charge in [-0.15, -0.1) is 0 Å². The number of halogens is 1. The molecular formula is C31H34FNO7. The summed E-state index contributed by atoms with van der Waals surface area (Å²) in [5.41, 5.74) is 3.81. The van der Waals surface area contributed by atoms with Gasteiger partial charge in [0.05, 0.1) is 24.7 Å². The van der Waals surface area contributed by atoms with Crippen molar-refractivity contribution in [2.24, 2.45) is 5.92 Å². The zero-order valence-electron chi connectivity index (χ0n) is 22.0. The van der Waals surface area contributed by atoms with Gasteiger partial charge in [-0.2, -0.15) is 0 Å². The van der Waals surface area contributed by atoms with Crippen molar-refractivity contribution in [3.63, 3.8) is 0 Å². The number of carbonyl (C=O) groups is 1. The topological polar surface area (TPSA) is 131 Å². The van der Waals surface area contributed by atoms with Crippen LogP contribution >= 0.6 is 0 Å². The van der Waals surface area contributed by atoms with Gasteiger partial charge in [-0.25, -0.2) is 4.39 Å². The molecule has 212 valence electrons. The average Bonchev–Trinajstić information content (AvgIpc) is 2.96. The van der Waals surface area contributed by atoms with Crippen LogP contribution in [-0.4, -0.2) is 62.5 Å². The number of hydrogen-bond acceptors (Lipinski definition) is 7. The Morgan fingerprint density at radius 2 is 1.50 bits per heavy atom. The Labute approximate surface area is 231 Å². The van der Waals surface area contributed by atoms with Crippen LogP contribution in [0, 0.1) is 18.7 Å². The Morgan fingerprint density at radius 3 is 2.12 bits per heavy atom. The number of anilines is 1. The van der Waals surface area contributed by atoms with Gasteiger partial charge in [0.2, 0.25) is 5.91 Å². The van der Waals surface area contributed by atoms with E-state index in [0.29, 0.717) is 24.0 Å². The molecule has 0 spiro atoms. The number of nitrogens with zero attached hydrogens (tertiary/aromatic N) is 1. The number of rotatable bonds is 8. The van der Waals surface area contributed by atoms with Crippen molar-refractivity contribution in [1.82, 2.24) is 0 Å². The first-order chi connectivity index (χ1) is 19.2. The summed E-state index contributed by atoms with van der Waals surface area (Å²) in [7, 11) is 0. The Bertz CT molecular complexity index is 1300. The molecule has 0 aromatic heterocycles. The molecular weight excluding hydrogens is 517 g/mol. The van der Waals surface area contributed by atoms with Crippen molar-refractivity contribution in [3.8, 4) is 0 Å². The summed E-state index contributed by atoms with van der Waals surface area (Å²) in [6.07, 6.45) is -6.37. The van der Waals surface area contributed by atoms with Crippen LogP contribution in [0.25, 0.3) is 0 Å². The predicted molar refractivity (Wildman–Crippen MR) is 145 cm³/mol. The first-order valence-electron chi connectivity index (χ1n) is 13.4. The average molecular weight is 552 g/mol. The molecule has 0 aliphatic carbocycles. The van der Waals surface area contributed by atoms with E-state index >= 15 is 0 Å². The van der Waals surface area contributed by atoms with Gasteiger partial charge in [0.15, 0.2) is 0 Å². The standard InChI is InChI=1S/C31H34FNO7/c1-17-2-12-22(13-3-17)33-26(23(31(33)39)14-15-24(35)18-8-10-21(32)11-9-18)19-4-6-20(7-5-19)30-29(38)28(37)27(36)25(16-34)40-30/h2-13,23-30,34-38H,14-16H2,1H3. The van der Waals surface area contributed by atoms with E-state index in [1.54, 1.807) is 17.0 Å². The number of aliphatic hydroxyl groups excluding tert-OH is 5. The molecule has 9 heteroatoms. The Hall–Kier alpha value is -3.18. The maximum Gasteiger partial charge on any atom is 0.233 e. The summed E-state index contributed by atoms with van der Waals surface area (Å²) in [5.74, 6) is -0.834. The summed E-state index contributed by atoms with van der Waals surface area (Å²) in [4.78, 5) is 15.1. The van der Waals surface area contributed by atoms with E-state index in [1.807, 2.05) is 43.3 Å². The smallest absolute Gasteiger partial charge is 0.233 e. The first-order valence-corrected chi connectivity index (χ1v) is 13.4. The van der Waals surface area contributed by atoms with Gasteiger partial charge in [-0.1, -0.05) is 54.1 Å². The largest absolute Gasteiger partial charge is 0.394 e. The minimum absolute atomic E-state index is 0.0573. The van der Waals surface area contributed by atoms with Crippen LogP contribution in [-0.2, 0) is 9.53 Å². The van der Waals surface area contributed by atoms with Gasteiger partial charge in [-0.05, 0) is 60.7 Å². The summed E-state index contributed by atoms with van der Waals surface area (Å²) in [6, 6.07) is 20.2. The van der Waals surface area contributed by atoms with E-state index in [0.717, 1.165) is 16.8 Å². The third kappa shape index (κ3) is 5.41. The first kappa shape index (κ1) is 28.4. The van der Waals surface area contributed by atoms with E-state index < -0.39 is 49.1 Å². The van der Waals surface area contributed by atoms with Crippen molar-refractivity contribution in [3.05, 3.63) is 101 Å². The fourth-order valence-electron chi connectivity index (χ4n) is 5.65. The van der Waals surface area contributed by atoms with Crippen LogP contribution in [0.15, 0.2) is 72.8 Å². The van der Waals surface area contributed by atoms with Crippen molar-refractivity contribution >= 4 is 11.6 Å². The van der Waals surface area contributed by atoms with Gasteiger partial charge < -0.3 is 35.2 Å². The minimum Gasteiger partial charge on any atom is -0.394 e. The lowest BCUT2D eigenvalue weighted by atomic mass is 9.78. The zero-order valence-corrected chi connectivity index (χ0v) is 22.0. The number of ether oxygens (including phenoxy) is 1. The third-order valence-electron chi connectivity index (χ3n) is 8.03. The monoisotopic (exact) mass is 551 g/mol. The van der Waals surface area contributed by atoms with Gasteiger partial charge in [0.1, 0.15) is 36.3 Å². The second kappa shape index (κ2) is 11.7. The van der Waals surface area contributed by atoms with E-state index in [9.17, 15) is 34.7 Å². The number of hydrogen-bond donors (Lipinski definition) is 5. The number of amides is 1. The molecule has 5 rings (SSSR count). The molecule has 0 radical (unpaired) electrons. The molecule has 8 nitrogen and oxygen atoms in total. The number of aryl methyl sites for hydroxylation is 1. The molecule has 5 N–H and O–H groups in total. The Morgan fingerprint density at radius 1 is 0.875 bits per heavy atom. The van der Waals surface area contributed by atoms with Crippen LogP contribution in [0.1, 0.15) is 53.3 Å². The highest BCUT2D eigenvalue weighted by Crippen LogP contribution is 2.46. The molecule has 2 aliphatic rings. The normalized spacial score (nSPS) is 29.2. The molecule has 1 amide bonds. The molecule has 8 unspecified atom stereocenters. The minimum atomic E-state index is -1.48. The highest BCUT2D eigenvalue weighted by molar-refractivity contribution is 6.03. The third-order valence-corrected chi connectivity index (χ3v) is 8.03. The summed E-state index contributed by atoms with van der Waals surface area (Å²) >= 11 is 0. The van der Waals surface area contributed by atoms with E-state index in [-0.39, 0.29) is 17.8 Å². The maximum atomic E-state index is 13.4. The molecule has 2 aliphatic heterocycles. The molecule has 3 aromatic carbocycles. The molecule has 0 bridgehead atoms. The predicted octanol–water partition coefficient (Wildman–Crippen LogP) is 2.87. The number of aliphatic hydroxyl groups is 5. The van der Waals surface area contributed by atoms with Crippen LogP contribution < -0.4 is 4.90 Å². The molecule has 2 saturated heterocycles. The second-order valence-electron chi connectivity index (χ2n) is 10.7. The number of carbonyl (C=O) groups excluding carboxylic acids is 1. The van der Waals surface area contributed by atoms with Gasteiger partial charge in [-0.3, -0.25) is 4.79 Å². The summed E-state index contributed by atoms with van der Waals surface area (Å²) in [6.45, 7) is 1.46. The van der Waals surface area contributed by atoms with Gasteiger partial charge >= 0.3 is 0 Å². The zero-order chi connectivity index (χ0) is 28.6. The van der Waals surface area contributed by atoms with E-state index in [4.69, 9.17) is 4.74 Å². The molecule has 2 fully saturated rings. The van der Waals surface area contributed by atoms with Crippen LogP contribution in [0.3, 0.4) is 0 Å². The lowest BCUT2D eigenvalue weighted by Gasteiger charge is -2.48. The van der Waals surface area contributed by atoms with Gasteiger partial charge in [0.25, 0.3) is 0 Å². The highest BCUT2D eigenvalue weighted by Gasteiger charge is 2.49. The lowest BCUT2D eigenvalue weighted by molar-refractivity contribution is -0.231. The van der Waals surface area contributed by atoms with Crippen molar-refractivity contribution in [2.45, 2.75) is 62.4 Å². The van der Waals surface area contributed by atoms with Crippen molar-refractivity contribution in [1.29, 1.82) is 0 Å². The molecule has 2 heterocycles. The quantitative estimate of drug-likeness (QED) is 0.272. The van der Waals surface area contributed by atoms with Crippen LogP contribution in [0.5, 0.6) is 0 Å². The molecule has 40 heavy (non-hydrogen) atoms. The van der Waals surface area contributed by atoms with Crippen molar-refractivity contribution < 1.29 is 39.5 Å². The lowest BCUT2D eigenvalue weighted by Crippen LogP contribution is -2.55. The Kier molecular flexibility index (Phi) is 8.32. The van der Waals surface area contributed by atoms with Crippen molar-refractivity contribution in [2.75, 3.05) is 11.5 Å². The fourth-order valence-corrected chi connectivity index (χ4v) is 5.65. The summed E-state index contributed by atoms with van der Waals surface area (Å²) < 4.78 is 19.0. The molecule has 0 saturated carbocycles. The SMILES string of the molecule is Cc1ccc(N2C(=O)C(CCC(O)c3ccc(F)cc3)C2c2ccc(C3OC(CO)C(O)C(O)C3O)cc2)cc1. The molecule has 3 aromatic rings. The van der Waals surface area contributed by atoms with Crippen LogP contribution in [0.2, 0.25) is 0 Å². The highest BCUT2D eigenvalue weighted by atomic mass is 19.1. The number of β-lactam (4-membered cyclic amide) rings is 1. The van der Waals surface area contributed by atoms with E-state index in [2.05, 4.69) is 0 Å². The fraction of sp³-hybridized carbons (Fsp3) is 0.387. The molecule has 8 atom stereocenters. The number of benzene rings is 3. The van der Waals surface area contributed by atoms with Gasteiger partial charge in [0, 0.05) is 5.69 Å². The maximum absolute atomic E-state index is 13.4. The van der Waals surface area contributed by atoms with Crippen LogP contribution in [0.4, 0.5) is 10.1 Å². The van der Waals surface area contributed by atoms with E-state index in [1.165, 1.54) is 24.3 Å². The second-order valence-corrected chi connectivity index (χ2v) is 10.7.